The zero-order valence-electron chi connectivity index (χ0n) is 14.7. The number of benzene rings is 2. The van der Waals surface area contributed by atoms with Crippen LogP contribution in [0.4, 0.5) is 5.69 Å². The second kappa shape index (κ2) is 8.24. The summed E-state index contributed by atoms with van der Waals surface area (Å²) in [5.41, 5.74) is 2.14. The molecular weight excluding hydrogens is 378 g/mol. The molecule has 0 aliphatic heterocycles. The highest BCUT2D eigenvalue weighted by Gasteiger charge is 2.11. The Hall–Kier alpha value is -3.83. The first kappa shape index (κ1) is 18.9. The summed E-state index contributed by atoms with van der Waals surface area (Å²) in [6.07, 6.45) is 1.45. The van der Waals surface area contributed by atoms with E-state index in [1.165, 1.54) is 35.7 Å². The first-order valence-corrected chi connectivity index (χ1v) is 8.93. The number of rotatable bonds is 6. The van der Waals surface area contributed by atoms with E-state index in [2.05, 4.69) is 16.4 Å². The number of carbonyl (C=O) groups is 1. The van der Waals surface area contributed by atoms with Gasteiger partial charge in [-0.05, 0) is 42.5 Å². The SMILES string of the molecule is COc1ccc(-c2csc(C(C#N)=CNc3ccc(O)c(C(=O)O)c3)n2)cc1. The van der Waals surface area contributed by atoms with Crippen LogP contribution in [0.3, 0.4) is 0 Å². The van der Waals surface area contributed by atoms with E-state index in [1.54, 1.807) is 7.11 Å². The molecule has 140 valence electrons. The average molecular weight is 393 g/mol. The van der Waals surface area contributed by atoms with Gasteiger partial charge in [0.05, 0.1) is 12.8 Å². The lowest BCUT2D eigenvalue weighted by Crippen LogP contribution is -1.98. The Morgan fingerprint density at radius 1 is 1.29 bits per heavy atom. The maximum absolute atomic E-state index is 11.1. The van der Waals surface area contributed by atoms with E-state index in [4.69, 9.17) is 9.84 Å². The maximum Gasteiger partial charge on any atom is 0.339 e. The number of thiazole rings is 1. The fraction of sp³-hybridized carbons (Fsp3) is 0.0500. The van der Waals surface area contributed by atoms with Gasteiger partial charge in [-0.2, -0.15) is 5.26 Å². The molecule has 0 saturated carbocycles. The minimum Gasteiger partial charge on any atom is -0.507 e. The third-order valence-corrected chi connectivity index (χ3v) is 4.73. The molecule has 7 nitrogen and oxygen atoms in total. The summed E-state index contributed by atoms with van der Waals surface area (Å²) in [6, 6.07) is 13.6. The van der Waals surface area contributed by atoms with Gasteiger partial charge in [-0.15, -0.1) is 11.3 Å². The average Bonchev–Trinajstić information content (AvgIpc) is 3.19. The number of allylic oxidation sites excluding steroid dienone is 1. The molecule has 1 heterocycles. The van der Waals surface area contributed by atoms with Gasteiger partial charge in [0, 0.05) is 22.8 Å². The number of carboxylic acids is 1. The number of carboxylic acid groups (broad SMARTS) is 1. The molecule has 0 amide bonds. The molecule has 0 unspecified atom stereocenters. The zero-order valence-corrected chi connectivity index (χ0v) is 15.5. The summed E-state index contributed by atoms with van der Waals surface area (Å²) in [6.45, 7) is 0. The van der Waals surface area contributed by atoms with Crippen LogP contribution in [0.15, 0.2) is 54.0 Å². The van der Waals surface area contributed by atoms with E-state index >= 15 is 0 Å². The van der Waals surface area contributed by atoms with E-state index in [0.717, 1.165) is 17.0 Å². The molecule has 0 bridgehead atoms. The van der Waals surface area contributed by atoms with Crippen molar-refractivity contribution in [2.24, 2.45) is 0 Å². The number of aromatic carboxylic acids is 1. The van der Waals surface area contributed by atoms with Crippen molar-refractivity contribution < 1.29 is 19.7 Å². The topological polar surface area (TPSA) is 115 Å². The van der Waals surface area contributed by atoms with Crippen molar-refractivity contribution in [2.75, 3.05) is 12.4 Å². The molecule has 0 saturated heterocycles. The molecule has 0 radical (unpaired) electrons. The number of aromatic hydroxyl groups is 1. The first-order chi connectivity index (χ1) is 13.5. The normalized spacial score (nSPS) is 10.9. The highest BCUT2D eigenvalue weighted by molar-refractivity contribution is 7.11. The minimum absolute atomic E-state index is 0.229. The van der Waals surface area contributed by atoms with Gasteiger partial charge in [-0.1, -0.05) is 0 Å². The molecule has 3 N–H and O–H groups in total. The molecule has 8 heteroatoms. The van der Waals surface area contributed by atoms with Crippen molar-refractivity contribution in [3.8, 4) is 28.8 Å². The predicted octanol–water partition coefficient (Wildman–Crippen LogP) is 4.20. The van der Waals surface area contributed by atoms with Gasteiger partial charge in [0.1, 0.15) is 33.7 Å². The molecular formula is C20H15N3O4S. The third kappa shape index (κ3) is 4.11. The number of aromatic nitrogens is 1. The second-order valence-corrected chi connectivity index (χ2v) is 6.48. The van der Waals surface area contributed by atoms with Crippen LogP contribution in [-0.2, 0) is 0 Å². The molecule has 0 aliphatic carbocycles. The van der Waals surface area contributed by atoms with Gasteiger partial charge >= 0.3 is 5.97 Å². The monoisotopic (exact) mass is 393 g/mol. The van der Waals surface area contributed by atoms with Crippen LogP contribution >= 0.6 is 11.3 Å². The van der Waals surface area contributed by atoms with Gasteiger partial charge in [0.25, 0.3) is 0 Å². The Kier molecular flexibility index (Phi) is 5.58. The Bertz CT molecular complexity index is 1080. The lowest BCUT2D eigenvalue weighted by atomic mass is 10.1. The van der Waals surface area contributed by atoms with Crippen LogP contribution in [0.2, 0.25) is 0 Å². The number of methoxy groups -OCH3 is 1. The molecule has 28 heavy (non-hydrogen) atoms. The van der Waals surface area contributed by atoms with Crippen LogP contribution < -0.4 is 10.1 Å². The standard InChI is InChI=1S/C20H15N3O4S/c1-27-15-5-2-12(3-6-15)17-11-28-19(23-17)13(9-21)10-22-14-4-7-18(24)16(8-14)20(25)26/h2-8,10-11,22,24H,1H3,(H,25,26). The largest absolute Gasteiger partial charge is 0.507 e. The summed E-state index contributed by atoms with van der Waals surface area (Å²) in [7, 11) is 1.60. The predicted molar refractivity (Wildman–Crippen MR) is 106 cm³/mol. The number of hydrogen-bond acceptors (Lipinski definition) is 7. The number of nitrogens with one attached hydrogen (secondary N) is 1. The van der Waals surface area contributed by atoms with Crippen LogP contribution in [0, 0.1) is 11.3 Å². The highest BCUT2D eigenvalue weighted by atomic mass is 32.1. The molecule has 3 aromatic rings. The van der Waals surface area contributed by atoms with E-state index in [0.29, 0.717) is 16.3 Å². The molecule has 0 fully saturated rings. The van der Waals surface area contributed by atoms with Gasteiger partial charge in [-0.3, -0.25) is 0 Å². The summed E-state index contributed by atoms with van der Waals surface area (Å²) in [4.78, 5) is 15.6. The Balaban J connectivity index is 1.82. The second-order valence-electron chi connectivity index (χ2n) is 5.62. The number of nitriles is 1. The number of phenols is 1. The van der Waals surface area contributed by atoms with E-state index < -0.39 is 5.97 Å². The number of ether oxygens (including phenoxy) is 1. The summed E-state index contributed by atoms with van der Waals surface area (Å²) in [5, 5.41) is 33.3. The summed E-state index contributed by atoms with van der Waals surface area (Å²) < 4.78 is 5.14. The quantitative estimate of drug-likeness (QED) is 0.424. The lowest BCUT2D eigenvalue weighted by Gasteiger charge is -2.05. The van der Waals surface area contributed by atoms with Crippen molar-refractivity contribution in [2.45, 2.75) is 0 Å². The van der Waals surface area contributed by atoms with Crippen molar-refractivity contribution in [1.29, 1.82) is 5.26 Å². The molecule has 0 atom stereocenters. The maximum atomic E-state index is 11.1. The Morgan fingerprint density at radius 2 is 2.04 bits per heavy atom. The van der Waals surface area contributed by atoms with Crippen LogP contribution in [0.1, 0.15) is 15.4 Å². The Morgan fingerprint density at radius 3 is 2.68 bits per heavy atom. The van der Waals surface area contributed by atoms with Crippen molar-refractivity contribution in [3.05, 3.63) is 64.6 Å². The van der Waals surface area contributed by atoms with Gasteiger partial charge in [0.15, 0.2) is 0 Å². The van der Waals surface area contributed by atoms with Crippen LogP contribution in [0.5, 0.6) is 11.5 Å². The highest BCUT2D eigenvalue weighted by Crippen LogP contribution is 2.28. The molecule has 0 aliphatic rings. The number of nitrogens with zero attached hydrogens (tertiary/aromatic N) is 2. The smallest absolute Gasteiger partial charge is 0.339 e. The van der Waals surface area contributed by atoms with Crippen molar-refractivity contribution in [3.63, 3.8) is 0 Å². The number of hydrogen-bond donors (Lipinski definition) is 3. The van der Waals surface area contributed by atoms with Crippen molar-refractivity contribution in [1.82, 2.24) is 4.98 Å². The molecule has 2 aromatic carbocycles. The molecule has 0 spiro atoms. The van der Waals surface area contributed by atoms with Gasteiger partial charge in [0.2, 0.25) is 0 Å². The van der Waals surface area contributed by atoms with Crippen LogP contribution in [-0.4, -0.2) is 28.3 Å². The minimum atomic E-state index is -1.24. The van der Waals surface area contributed by atoms with E-state index in [9.17, 15) is 15.2 Å². The first-order valence-electron chi connectivity index (χ1n) is 8.05. The van der Waals surface area contributed by atoms with Crippen molar-refractivity contribution >= 4 is 28.6 Å². The summed E-state index contributed by atoms with van der Waals surface area (Å²) in [5.74, 6) is -0.822. The fourth-order valence-corrected chi connectivity index (χ4v) is 3.18. The molecule has 1 aromatic heterocycles. The van der Waals surface area contributed by atoms with E-state index in [1.807, 2.05) is 29.6 Å². The third-order valence-electron chi connectivity index (χ3n) is 3.85. The fourth-order valence-electron chi connectivity index (χ4n) is 2.39. The molecule has 3 rings (SSSR count). The summed E-state index contributed by atoms with van der Waals surface area (Å²) >= 11 is 1.33. The van der Waals surface area contributed by atoms with Crippen LogP contribution in [0.25, 0.3) is 16.8 Å². The van der Waals surface area contributed by atoms with Gasteiger partial charge < -0.3 is 20.3 Å². The zero-order chi connectivity index (χ0) is 20.1. The van der Waals surface area contributed by atoms with E-state index in [-0.39, 0.29) is 11.3 Å². The lowest BCUT2D eigenvalue weighted by molar-refractivity contribution is 0.0694. The Labute approximate surface area is 164 Å². The number of anilines is 1. The van der Waals surface area contributed by atoms with Gasteiger partial charge in [-0.25, -0.2) is 9.78 Å².